The van der Waals surface area contributed by atoms with Gasteiger partial charge < -0.3 is 0 Å². The van der Waals surface area contributed by atoms with Crippen molar-refractivity contribution < 1.29 is 275 Å². The van der Waals surface area contributed by atoms with Crippen molar-refractivity contribution in [2.24, 2.45) is 0 Å². The molecule has 0 aromatic heterocycles. The van der Waals surface area contributed by atoms with Gasteiger partial charge in [-0.3, -0.25) is 0 Å². The Balaban J connectivity index is 0. The maximum Gasteiger partial charge on any atom is 0 e. The van der Waals surface area contributed by atoms with Crippen LogP contribution >= 0.6 is 0 Å². The third-order valence-electron chi connectivity index (χ3n) is 0. The normalized spacial score (nSPS) is 0. The molecule has 0 amide bonds. The summed E-state index contributed by atoms with van der Waals surface area (Å²) in [5.41, 5.74) is 0. The van der Waals surface area contributed by atoms with Crippen LogP contribution in [-0.2, 0) is 275 Å². The Morgan fingerprint density at radius 1 is 0.154 bits per heavy atom. The molecule has 0 aliphatic carbocycles. The van der Waals surface area contributed by atoms with E-state index in [2.05, 4.69) is 0 Å². The van der Waals surface area contributed by atoms with Crippen LogP contribution in [0.25, 0.3) is 0 Å². The smallest absolute Gasteiger partial charge is 0 e. The molecule has 0 atom stereocenters. The number of hydrogen-bond acceptors (Lipinski definition) is 0. The zero-order valence-electron chi connectivity index (χ0n) is 4.04. The first kappa shape index (κ1) is 120. The fourth-order valence-corrected chi connectivity index (χ4v) is 0. The van der Waals surface area contributed by atoms with Gasteiger partial charge in [0.15, 0.2) is 0 Å². The minimum absolute atomic E-state index is 0. The molecule has 0 heterocycles. The Morgan fingerprint density at radius 2 is 0.154 bits per heavy atom. The minimum Gasteiger partial charge on any atom is 0 e. The topological polar surface area (TPSA) is 0 Å². The van der Waals surface area contributed by atoms with Crippen LogP contribution in [0, 0.1) is 0 Å². The molecule has 0 N–H and O–H groups in total. The molecule has 0 unspecified atom stereocenters. The maximum absolute atomic E-state index is 0. The summed E-state index contributed by atoms with van der Waals surface area (Å²) in [6.45, 7) is 0. The minimum atomic E-state index is 0. The monoisotopic (exact) mass is 1830 g/mol. The Labute approximate surface area is 268 Å². The van der Waals surface area contributed by atoms with E-state index in [0.717, 1.165) is 0 Å². The summed E-state index contributed by atoms with van der Waals surface area (Å²) in [5.74, 6) is 0. The van der Waals surface area contributed by atoms with E-state index in [1.54, 1.807) is 0 Å². The standard InChI is InChI=1S/5Au.8Pd. The third kappa shape index (κ3) is 93.6. The van der Waals surface area contributed by atoms with E-state index in [9.17, 15) is 0 Å². The molecule has 135 valence electrons. The van der Waals surface area contributed by atoms with E-state index in [1.165, 1.54) is 0 Å². The molecule has 0 aromatic rings. The van der Waals surface area contributed by atoms with E-state index in [4.69, 9.17) is 0 Å². The van der Waals surface area contributed by atoms with Gasteiger partial charge in [-0.1, -0.05) is 0 Å². The summed E-state index contributed by atoms with van der Waals surface area (Å²) in [7, 11) is 0. The van der Waals surface area contributed by atoms with Crippen LogP contribution in [0.1, 0.15) is 0 Å². The predicted molar refractivity (Wildman–Crippen MR) is 0 cm³/mol. The SMILES string of the molecule is [Au].[Au].[Au].[Au].[Au].[Pd].[Pd].[Pd].[Pd].[Pd].[Pd].[Pd].[Pd]. The molecule has 0 rings (SSSR count). The molecule has 0 bridgehead atoms. The Morgan fingerprint density at radius 3 is 0.154 bits per heavy atom. The van der Waals surface area contributed by atoms with Crippen molar-refractivity contribution in [1.29, 1.82) is 0 Å². The van der Waals surface area contributed by atoms with Crippen LogP contribution < -0.4 is 0 Å². The van der Waals surface area contributed by atoms with Crippen molar-refractivity contribution in [3.63, 3.8) is 0 Å². The Bertz CT molecular complexity index is 12.5. The summed E-state index contributed by atoms with van der Waals surface area (Å²) >= 11 is 0. The van der Waals surface area contributed by atoms with E-state index in [-0.39, 0.29) is 275 Å². The van der Waals surface area contributed by atoms with Gasteiger partial charge in [-0.15, -0.1) is 0 Å². The van der Waals surface area contributed by atoms with E-state index >= 15 is 0 Å². The molecule has 0 saturated carbocycles. The van der Waals surface area contributed by atoms with Crippen LogP contribution in [0.3, 0.4) is 0 Å². The van der Waals surface area contributed by atoms with Crippen LogP contribution in [0.2, 0.25) is 0 Å². The Hall–Kier alpha value is 9.00. The molecule has 13 heteroatoms. The van der Waals surface area contributed by atoms with Crippen LogP contribution in [0.4, 0.5) is 0 Å². The summed E-state index contributed by atoms with van der Waals surface area (Å²) in [5, 5.41) is 0. The predicted octanol–water partition coefficient (Wildman–Crippen LogP) is -0.0325. The largest absolute Gasteiger partial charge is 0 e. The van der Waals surface area contributed by atoms with Crippen molar-refractivity contribution in [2.45, 2.75) is 0 Å². The van der Waals surface area contributed by atoms with Crippen LogP contribution in [-0.4, -0.2) is 0 Å². The molecule has 0 aromatic carbocycles. The van der Waals surface area contributed by atoms with Gasteiger partial charge in [0.05, 0.1) is 0 Å². The quantitative estimate of drug-likeness (QED) is 0.300. The molecule has 0 spiro atoms. The molecule has 0 aliphatic heterocycles. The number of rotatable bonds is 0. The molecule has 0 aliphatic rings. The van der Waals surface area contributed by atoms with Crippen molar-refractivity contribution >= 4 is 0 Å². The zero-order valence-corrected chi connectivity index (χ0v) is 27.3. The molecule has 5 radical (unpaired) electrons. The van der Waals surface area contributed by atoms with Crippen molar-refractivity contribution in [3.8, 4) is 0 Å². The molecule has 0 saturated heterocycles. The van der Waals surface area contributed by atoms with Crippen molar-refractivity contribution in [1.82, 2.24) is 0 Å². The Kier molecular flexibility index (Phi) is 955. The van der Waals surface area contributed by atoms with Crippen LogP contribution in [0.5, 0.6) is 0 Å². The van der Waals surface area contributed by atoms with Gasteiger partial charge in [0, 0.05) is 275 Å². The molecule has 13 heavy (non-hydrogen) atoms. The second-order valence-electron chi connectivity index (χ2n) is 0. The summed E-state index contributed by atoms with van der Waals surface area (Å²) < 4.78 is 0. The van der Waals surface area contributed by atoms with Crippen molar-refractivity contribution in [2.75, 3.05) is 0 Å². The van der Waals surface area contributed by atoms with E-state index in [1.807, 2.05) is 0 Å². The fourth-order valence-electron chi connectivity index (χ4n) is 0. The molecular weight excluding hydrogens is 1840 g/mol. The summed E-state index contributed by atoms with van der Waals surface area (Å²) in [4.78, 5) is 0. The second-order valence-corrected chi connectivity index (χ2v) is 0. The van der Waals surface area contributed by atoms with Gasteiger partial charge in [0.1, 0.15) is 0 Å². The van der Waals surface area contributed by atoms with Crippen LogP contribution in [0.15, 0.2) is 0 Å². The number of hydrogen-bond donors (Lipinski definition) is 0. The molecular formula is Au5Pd8. The average Bonchev–Trinajstić information content (AvgIpc) is 0. The third-order valence-corrected chi connectivity index (χ3v) is 0. The first-order chi connectivity index (χ1) is 0. The fraction of sp³-hybridized carbons (Fsp3) is 0. The van der Waals surface area contributed by atoms with Gasteiger partial charge in [0.25, 0.3) is 0 Å². The van der Waals surface area contributed by atoms with Crippen molar-refractivity contribution in [3.05, 3.63) is 0 Å². The van der Waals surface area contributed by atoms with Gasteiger partial charge in [0.2, 0.25) is 0 Å². The van der Waals surface area contributed by atoms with Gasteiger partial charge in [-0.25, -0.2) is 0 Å². The zero-order chi connectivity index (χ0) is 0. The van der Waals surface area contributed by atoms with Gasteiger partial charge in [-0.05, 0) is 0 Å². The molecule has 0 nitrogen and oxygen atoms in total. The van der Waals surface area contributed by atoms with Gasteiger partial charge in [-0.2, -0.15) is 0 Å². The first-order valence-corrected chi connectivity index (χ1v) is 0. The first-order valence-electron chi connectivity index (χ1n) is 0. The molecule has 0 fully saturated rings. The van der Waals surface area contributed by atoms with E-state index in [0.29, 0.717) is 0 Å². The average molecular weight is 1840 g/mol. The van der Waals surface area contributed by atoms with Gasteiger partial charge >= 0.3 is 0 Å². The van der Waals surface area contributed by atoms with E-state index < -0.39 is 0 Å². The second kappa shape index (κ2) is 104. The summed E-state index contributed by atoms with van der Waals surface area (Å²) in [6, 6.07) is 0. The summed E-state index contributed by atoms with van der Waals surface area (Å²) in [6.07, 6.45) is 0. The maximum atomic E-state index is 0.